The monoisotopic (exact) mass is 178 g/mol. The maximum atomic E-state index is 11.9. The largest absolute Gasteiger partial charge is 0.329 e. The van der Waals surface area contributed by atoms with E-state index in [-0.39, 0.29) is 11.2 Å². The van der Waals surface area contributed by atoms with E-state index < -0.39 is 0 Å². The number of nitrogens with zero attached hydrogens (tertiary/aromatic N) is 2. The van der Waals surface area contributed by atoms with Crippen molar-refractivity contribution >= 4 is 5.78 Å². The lowest BCUT2D eigenvalue weighted by Crippen LogP contribution is -2.17. The molecule has 0 spiro atoms. The van der Waals surface area contributed by atoms with Crippen molar-refractivity contribution in [3.8, 4) is 0 Å². The molecule has 0 aromatic carbocycles. The van der Waals surface area contributed by atoms with Crippen molar-refractivity contribution in [2.24, 2.45) is 5.41 Å². The standard InChI is InChI=1S/C10H14N2O/c1-3-12-7-6-11-9(12)8(13)10(2)4-5-10/h6-7H,3-5H2,1-2H3. The molecule has 1 aliphatic rings. The Hall–Kier alpha value is -1.12. The molecule has 0 bridgehead atoms. The van der Waals surface area contributed by atoms with Crippen molar-refractivity contribution in [2.45, 2.75) is 33.2 Å². The molecule has 1 heterocycles. The quantitative estimate of drug-likeness (QED) is 0.662. The second kappa shape index (κ2) is 2.69. The molecule has 2 rings (SSSR count). The lowest BCUT2D eigenvalue weighted by molar-refractivity contribution is 0.0897. The number of Topliss-reactive ketones (excluding diaryl/α,β-unsaturated/α-hetero) is 1. The van der Waals surface area contributed by atoms with E-state index >= 15 is 0 Å². The minimum atomic E-state index is -0.0989. The van der Waals surface area contributed by atoms with Gasteiger partial charge in [-0.1, -0.05) is 6.92 Å². The van der Waals surface area contributed by atoms with Gasteiger partial charge in [0.15, 0.2) is 5.82 Å². The van der Waals surface area contributed by atoms with Crippen LogP contribution in [0.5, 0.6) is 0 Å². The van der Waals surface area contributed by atoms with E-state index in [1.54, 1.807) is 6.20 Å². The number of hydrogen-bond donors (Lipinski definition) is 0. The summed E-state index contributed by atoms with van der Waals surface area (Å²) in [6.45, 7) is 4.86. The lowest BCUT2D eigenvalue weighted by Gasteiger charge is -2.07. The Kier molecular flexibility index (Phi) is 1.75. The molecular formula is C10H14N2O. The predicted octanol–water partition coefficient (Wildman–Crippen LogP) is 1.89. The molecule has 1 saturated carbocycles. The van der Waals surface area contributed by atoms with Gasteiger partial charge in [0.25, 0.3) is 0 Å². The second-order valence-corrected chi connectivity index (χ2v) is 3.93. The highest BCUT2D eigenvalue weighted by Crippen LogP contribution is 2.47. The molecule has 3 heteroatoms. The number of imidazole rings is 1. The fourth-order valence-electron chi connectivity index (χ4n) is 1.46. The number of ketones is 1. The summed E-state index contributed by atoms with van der Waals surface area (Å²) in [5, 5.41) is 0. The van der Waals surface area contributed by atoms with Crippen LogP contribution in [0.25, 0.3) is 0 Å². The van der Waals surface area contributed by atoms with E-state index in [0.29, 0.717) is 5.82 Å². The van der Waals surface area contributed by atoms with Gasteiger partial charge in [0.05, 0.1) is 0 Å². The Morgan fingerprint density at radius 3 is 2.92 bits per heavy atom. The molecule has 0 unspecified atom stereocenters. The Bertz CT molecular complexity index is 336. The molecule has 70 valence electrons. The van der Waals surface area contributed by atoms with E-state index in [1.807, 2.05) is 24.6 Å². The van der Waals surface area contributed by atoms with Gasteiger partial charge in [-0.3, -0.25) is 4.79 Å². The van der Waals surface area contributed by atoms with Gasteiger partial charge < -0.3 is 4.57 Å². The predicted molar refractivity (Wildman–Crippen MR) is 49.6 cm³/mol. The Morgan fingerprint density at radius 2 is 2.38 bits per heavy atom. The normalized spacial score (nSPS) is 18.6. The first-order valence-electron chi connectivity index (χ1n) is 4.73. The van der Waals surface area contributed by atoms with Gasteiger partial charge in [0, 0.05) is 24.4 Å². The summed E-state index contributed by atoms with van der Waals surface area (Å²) >= 11 is 0. The number of hydrogen-bond acceptors (Lipinski definition) is 2. The summed E-state index contributed by atoms with van der Waals surface area (Å²) < 4.78 is 1.91. The van der Waals surface area contributed by atoms with Gasteiger partial charge in [-0.2, -0.15) is 0 Å². The number of carbonyl (C=O) groups excluding carboxylic acids is 1. The van der Waals surface area contributed by atoms with Crippen LogP contribution in [0.3, 0.4) is 0 Å². The van der Waals surface area contributed by atoms with Crippen LogP contribution in [0.1, 0.15) is 37.3 Å². The molecule has 1 fully saturated rings. The second-order valence-electron chi connectivity index (χ2n) is 3.93. The molecule has 3 nitrogen and oxygen atoms in total. The van der Waals surface area contributed by atoms with Crippen LogP contribution in [-0.2, 0) is 6.54 Å². The van der Waals surface area contributed by atoms with E-state index in [4.69, 9.17) is 0 Å². The number of aromatic nitrogens is 2. The summed E-state index contributed by atoms with van der Waals surface area (Å²) in [6, 6.07) is 0. The zero-order chi connectivity index (χ0) is 9.47. The fraction of sp³-hybridized carbons (Fsp3) is 0.600. The van der Waals surface area contributed by atoms with Crippen molar-refractivity contribution in [3.63, 3.8) is 0 Å². The van der Waals surface area contributed by atoms with Gasteiger partial charge in [-0.15, -0.1) is 0 Å². The smallest absolute Gasteiger partial charge is 0.204 e. The van der Waals surface area contributed by atoms with E-state index in [9.17, 15) is 4.79 Å². The topological polar surface area (TPSA) is 34.9 Å². The minimum absolute atomic E-state index is 0.0989. The van der Waals surface area contributed by atoms with E-state index in [2.05, 4.69) is 4.98 Å². The van der Waals surface area contributed by atoms with Crippen LogP contribution < -0.4 is 0 Å². The van der Waals surface area contributed by atoms with Gasteiger partial charge in [-0.25, -0.2) is 4.98 Å². The fourth-order valence-corrected chi connectivity index (χ4v) is 1.46. The number of carbonyl (C=O) groups is 1. The van der Waals surface area contributed by atoms with Crippen LogP contribution in [0, 0.1) is 5.41 Å². The first-order valence-corrected chi connectivity index (χ1v) is 4.73. The zero-order valence-corrected chi connectivity index (χ0v) is 8.08. The lowest BCUT2D eigenvalue weighted by atomic mass is 10.0. The number of aryl methyl sites for hydroxylation is 1. The average Bonchev–Trinajstić information content (AvgIpc) is 2.71. The molecule has 0 aliphatic heterocycles. The third kappa shape index (κ3) is 1.28. The third-order valence-electron chi connectivity index (χ3n) is 2.81. The molecule has 1 aromatic rings. The van der Waals surface area contributed by atoms with E-state index in [0.717, 1.165) is 19.4 Å². The van der Waals surface area contributed by atoms with Crippen molar-refractivity contribution in [1.82, 2.24) is 9.55 Å². The van der Waals surface area contributed by atoms with Crippen LogP contribution in [0.15, 0.2) is 12.4 Å². The highest BCUT2D eigenvalue weighted by atomic mass is 16.1. The highest BCUT2D eigenvalue weighted by Gasteiger charge is 2.46. The molecule has 0 radical (unpaired) electrons. The molecule has 1 aliphatic carbocycles. The maximum Gasteiger partial charge on any atom is 0.204 e. The highest BCUT2D eigenvalue weighted by molar-refractivity contribution is 5.99. The summed E-state index contributed by atoms with van der Waals surface area (Å²) in [7, 11) is 0. The number of rotatable bonds is 3. The Labute approximate surface area is 77.8 Å². The molecule has 13 heavy (non-hydrogen) atoms. The van der Waals surface area contributed by atoms with Gasteiger partial charge in [-0.05, 0) is 19.8 Å². The third-order valence-corrected chi connectivity index (χ3v) is 2.81. The van der Waals surface area contributed by atoms with Gasteiger partial charge in [0.2, 0.25) is 5.78 Å². The van der Waals surface area contributed by atoms with Crippen molar-refractivity contribution in [3.05, 3.63) is 18.2 Å². The minimum Gasteiger partial charge on any atom is -0.329 e. The Balaban J connectivity index is 2.29. The zero-order valence-electron chi connectivity index (χ0n) is 8.08. The molecule has 0 atom stereocenters. The van der Waals surface area contributed by atoms with Crippen molar-refractivity contribution in [1.29, 1.82) is 0 Å². The van der Waals surface area contributed by atoms with Gasteiger partial charge in [0.1, 0.15) is 0 Å². The molecule has 1 aromatic heterocycles. The molecule has 0 saturated heterocycles. The van der Waals surface area contributed by atoms with Crippen molar-refractivity contribution < 1.29 is 4.79 Å². The first-order chi connectivity index (χ1) is 6.17. The van der Waals surface area contributed by atoms with Crippen LogP contribution >= 0.6 is 0 Å². The van der Waals surface area contributed by atoms with Crippen LogP contribution in [0.2, 0.25) is 0 Å². The first kappa shape index (κ1) is 8.48. The van der Waals surface area contributed by atoms with E-state index in [1.165, 1.54) is 0 Å². The maximum absolute atomic E-state index is 11.9. The average molecular weight is 178 g/mol. The summed E-state index contributed by atoms with van der Waals surface area (Å²) in [6.07, 6.45) is 5.59. The molecule has 0 N–H and O–H groups in total. The summed E-state index contributed by atoms with van der Waals surface area (Å²) in [5.41, 5.74) is -0.0989. The van der Waals surface area contributed by atoms with Gasteiger partial charge >= 0.3 is 0 Å². The van der Waals surface area contributed by atoms with Crippen LogP contribution in [0.4, 0.5) is 0 Å². The SMILES string of the molecule is CCn1ccnc1C(=O)C1(C)CC1. The summed E-state index contributed by atoms with van der Waals surface area (Å²) in [5.74, 6) is 0.835. The summed E-state index contributed by atoms with van der Waals surface area (Å²) in [4.78, 5) is 16.0. The molecule has 0 amide bonds. The van der Waals surface area contributed by atoms with Crippen LogP contribution in [-0.4, -0.2) is 15.3 Å². The molecular weight excluding hydrogens is 164 g/mol. The van der Waals surface area contributed by atoms with Crippen molar-refractivity contribution in [2.75, 3.05) is 0 Å². The Morgan fingerprint density at radius 1 is 1.69 bits per heavy atom.